The highest BCUT2D eigenvalue weighted by Gasteiger charge is 2.33. The molecule has 0 aliphatic heterocycles. The molecular weight excluding hydrogens is 493 g/mol. The second kappa shape index (κ2) is 8.74. The van der Waals surface area contributed by atoms with E-state index in [1.54, 1.807) is 22.9 Å². The Morgan fingerprint density at radius 1 is 0.938 bits per heavy atom. The molecule has 3 nitrogen and oxygen atoms in total. The Labute approximate surface area is 188 Å². The molecule has 0 fully saturated rings. The molecule has 0 atom stereocenters. The molecule has 0 unspecified atom stereocenters. The molecule has 32 heavy (non-hydrogen) atoms. The highest BCUT2D eigenvalue weighted by Crippen LogP contribution is 2.32. The van der Waals surface area contributed by atoms with Crippen molar-refractivity contribution in [1.82, 2.24) is 9.55 Å². The van der Waals surface area contributed by atoms with Gasteiger partial charge >= 0.3 is 6.18 Å². The van der Waals surface area contributed by atoms with Gasteiger partial charge in [0.05, 0.1) is 16.9 Å². The van der Waals surface area contributed by atoms with Gasteiger partial charge in [-0.25, -0.2) is 13.8 Å². The summed E-state index contributed by atoms with van der Waals surface area (Å²) >= 11 is 3.38. The van der Waals surface area contributed by atoms with Crippen LogP contribution in [0.15, 0.2) is 77.4 Å². The van der Waals surface area contributed by atoms with Crippen LogP contribution in [0.3, 0.4) is 0 Å². The van der Waals surface area contributed by atoms with E-state index >= 15 is 0 Å². The van der Waals surface area contributed by atoms with Gasteiger partial charge in [-0.15, -0.1) is 0 Å². The summed E-state index contributed by atoms with van der Waals surface area (Å²) in [6.45, 7) is 0.0150. The third-order valence-electron chi connectivity index (χ3n) is 4.72. The number of benzene rings is 3. The quantitative estimate of drug-likeness (QED) is 0.289. The number of alkyl halides is 3. The van der Waals surface area contributed by atoms with Crippen molar-refractivity contribution in [2.45, 2.75) is 12.7 Å². The maximum Gasteiger partial charge on any atom is 0.419 e. The first kappa shape index (κ1) is 22.0. The van der Waals surface area contributed by atoms with E-state index in [-0.39, 0.29) is 6.54 Å². The van der Waals surface area contributed by atoms with Crippen LogP contribution in [0.25, 0.3) is 16.9 Å². The van der Waals surface area contributed by atoms with Crippen LogP contribution in [0.2, 0.25) is 0 Å². The first-order valence-electron chi connectivity index (χ1n) is 9.41. The number of hydrogen-bond acceptors (Lipinski definition) is 2. The molecule has 0 aliphatic carbocycles. The Bertz CT molecular complexity index is 1250. The number of aromatic nitrogens is 2. The summed E-state index contributed by atoms with van der Waals surface area (Å²) in [5.41, 5.74) is 0.895. The van der Waals surface area contributed by atoms with E-state index < -0.39 is 23.4 Å². The standard InChI is InChI=1S/C23H15BrF5N3/c24-16-7-5-15(6-8-16)21-13-32(18-3-1-2-17(25)11-18)22(31-21)30-12-14-4-9-19(20(26)10-14)23(27,28)29/h1-11,13H,12H2,(H,30,31). The molecule has 0 radical (unpaired) electrons. The number of anilines is 1. The fraction of sp³-hybridized carbons (Fsp3) is 0.0870. The minimum atomic E-state index is -4.76. The Morgan fingerprint density at radius 2 is 1.69 bits per heavy atom. The van der Waals surface area contributed by atoms with Crippen molar-refractivity contribution in [2.75, 3.05) is 5.32 Å². The normalized spacial score (nSPS) is 11.6. The summed E-state index contributed by atoms with van der Waals surface area (Å²) in [6.07, 6.45) is -3.04. The molecule has 0 aliphatic rings. The third kappa shape index (κ3) is 4.83. The van der Waals surface area contributed by atoms with E-state index in [0.717, 1.165) is 16.1 Å². The van der Waals surface area contributed by atoms with Crippen LogP contribution in [0.1, 0.15) is 11.1 Å². The second-order valence-electron chi connectivity index (χ2n) is 6.97. The molecule has 1 heterocycles. The number of nitrogens with one attached hydrogen (secondary N) is 1. The van der Waals surface area contributed by atoms with Crippen molar-refractivity contribution >= 4 is 21.9 Å². The number of hydrogen-bond donors (Lipinski definition) is 1. The monoisotopic (exact) mass is 507 g/mol. The third-order valence-corrected chi connectivity index (χ3v) is 5.25. The lowest BCUT2D eigenvalue weighted by Gasteiger charge is -2.12. The fourth-order valence-corrected chi connectivity index (χ4v) is 3.43. The van der Waals surface area contributed by atoms with E-state index in [2.05, 4.69) is 26.2 Å². The highest BCUT2D eigenvalue weighted by molar-refractivity contribution is 9.10. The van der Waals surface area contributed by atoms with Gasteiger partial charge in [-0.3, -0.25) is 4.57 Å². The Kier molecular flexibility index (Phi) is 6.01. The summed E-state index contributed by atoms with van der Waals surface area (Å²) in [6, 6.07) is 16.1. The molecule has 0 saturated carbocycles. The van der Waals surface area contributed by atoms with Crippen LogP contribution in [-0.2, 0) is 12.7 Å². The molecule has 0 amide bonds. The topological polar surface area (TPSA) is 29.9 Å². The van der Waals surface area contributed by atoms with Crippen molar-refractivity contribution in [3.05, 3.63) is 100 Å². The summed E-state index contributed by atoms with van der Waals surface area (Å²) < 4.78 is 68.6. The van der Waals surface area contributed by atoms with Gasteiger partial charge in [0.15, 0.2) is 0 Å². The van der Waals surface area contributed by atoms with Crippen LogP contribution in [-0.4, -0.2) is 9.55 Å². The van der Waals surface area contributed by atoms with Crippen LogP contribution in [0, 0.1) is 11.6 Å². The molecule has 164 valence electrons. The summed E-state index contributed by atoms with van der Waals surface area (Å²) in [5.74, 6) is -1.45. The molecular formula is C23H15BrF5N3. The summed E-state index contributed by atoms with van der Waals surface area (Å²) in [5, 5.41) is 3.01. The Hall–Kier alpha value is -3.20. The molecule has 4 rings (SSSR count). The lowest BCUT2D eigenvalue weighted by atomic mass is 10.1. The van der Waals surface area contributed by atoms with Gasteiger partial charge in [0, 0.05) is 22.8 Å². The van der Waals surface area contributed by atoms with Crippen molar-refractivity contribution in [1.29, 1.82) is 0 Å². The number of nitrogens with zero attached hydrogens (tertiary/aromatic N) is 2. The Morgan fingerprint density at radius 3 is 2.34 bits per heavy atom. The van der Waals surface area contributed by atoms with Gasteiger partial charge in [0.1, 0.15) is 11.6 Å². The predicted molar refractivity (Wildman–Crippen MR) is 115 cm³/mol. The van der Waals surface area contributed by atoms with E-state index in [0.29, 0.717) is 29.0 Å². The number of halogens is 6. The van der Waals surface area contributed by atoms with Crippen LogP contribution >= 0.6 is 15.9 Å². The number of rotatable bonds is 5. The smallest absolute Gasteiger partial charge is 0.351 e. The first-order chi connectivity index (χ1) is 15.2. The van der Waals surface area contributed by atoms with Gasteiger partial charge in [0.25, 0.3) is 0 Å². The SMILES string of the molecule is Fc1cccc(-n2cc(-c3ccc(Br)cc3)nc2NCc2ccc(C(F)(F)F)c(F)c2)c1. The Balaban J connectivity index is 1.66. The van der Waals surface area contributed by atoms with Gasteiger partial charge in [-0.05, 0) is 48.0 Å². The molecule has 0 spiro atoms. The van der Waals surface area contributed by atoms with Crippen molar-refractivity contribution < 1.29 is 22.0 Å². The van der Waals surface area contributed by atoms with Gasteiger partial charge < -0.3 is 5.32 Å². The molecule has 0 saturated heterocycles. The fourth-order valence-electron chi connectivity index (χ4n) is 3.17. The number of imidazole rings is 1. The lowest BCUT2D eigenvalue weighted by Crippen LogP contribution is -2.10. The predicted octanol–water partition coefficient (Wildman–Crippen LogP) is 7.21. The molecule has 0 bridgehead atoms. The minimum absolute atomic E-state index is 0.0150. The van der Waals surface area contributed by atoms with E-state index in [9.17, 15) is 22.0 Å². The van der Waals surface area contributed by atoms with Crippen molar-refractivity contribution in [3.8, 4) is 16.9 Å². The maximum atomic E-state index is 13.9. The van der Waals surface area contributed by atoms with Crippen LogP contribution in [0.5, 0.6) is 0 Å². The lowest BCUT2D eigenvalue weighted by molar-refractivity contribution is -0.140. The average molecular weight is 508 g/mol. The molecule has 3 aromatic carbocycles. The minimum Gasteiger partial charge on any atom is -0.351 e. The van der Waals surface area contributed by atoms with Crippen molar-refractivity contribution in [3.63, 3.8) is 0 Å². The van der Waals surface area contributed by atoms with E-state index in [1.165, 1.54) is 18.2 Å². The molecule has 1 N–H and O–H groups in total. The van der Waals surface area contributed by atoms with Gasteiger partial charge in [0.2, 0.25) is 5.95 Å². The molecule has 1 aromatic heterocycles. The van der Waals surface area contributed by atoms with Crippen LogP contribution in [0.4, 0.5) is 27.9 Å². The van der Waals surface area contributed by atoms with Gasteiger partial charge in [-0.1, -0.05) is 40.2 Å². The first-order valence-corrected chi connectivity index (χ1v) is 10.2. The zero-order valence-corrected chi connectivity index (χ0v) is 17.9. The van der Waals surface area contributed by atoms with Crippen LogP contribution < -0.4 is 5.32 Å². The highest BCUT2D eigenvalue weighted by atomic mass is 79.9. The van der Waals surface area contributed by atoms with Crippen molar-refractivity contribution in [2.24, 2.45) is 0 Å². The molecule has 4 aromatic rings. The summed E-state index contributed by atoms with van der Waals surface area (Å²) in [7, 11) is 0. The zero-order chi connectivity index (χ0) is 22.9. The second-order valence-corrected chi connectivity index (χ2v) is 7.89. The van der Waals surface area contributed by atoms with E-state index in [1.807, 2.05) is 24.3 Å². The zero-order valence-electron chi connectivity index (χ0n) is 16.3. The summed E-state index contributed by atoms with van der Waals surface area (Å²) in [4.78, 5) is 4.55. The maximum absolute atomic E-state index is 13.9. The largest absolute Gasteiger partial charge is 0.419 e. The molecule has 9 heteroatoms. The van der Waals surface area contributed by atoms with E-state index in [4.69, 9.17) is 0 Å². The van der Waals surface area contributed by atoms with Gasteiger partial charge in [-0.2, -0.15) is 13.2 Å². The average Bonchev–Trinajstić information content (AvgIpc) is 3.16.